The number of aromatic nitrogens is 2. The zero-order chi connectivity index (χ0) is 9.68. The van der Waals surface area contributed by atoms with Gasteiger partial charge in [-0.05, 0) is 15.9 Å². The van der Waals surface area contributed by atoms with Crippen molar-refractivity contribution in [3.63, 3.8) is 0 Å². The van der Waals surface area contributed by atoms with Gasteiger partial charge in [-0.3, -0.25) is 0 Å². The summed E-state index contributed by atoms with van der Waals surface area (Å²) in [5.74, 6) is 0.427. The molecule has 6 heteroatoms. The molecular weight excluding hydrogens is 238 g/mol. The van der Waals surface area contributed by atoms with Crippen LogP contribution in [0.1, 0.15) is 0 Å². The first-order chi connectivity index (χ1) is 6.22. The lowest BCUT2D eigenvalue weighted by molar-refractivity contribution is 0.105. The molecule has 0 aliphatic heterocycles. The lowest BCUT2D eigenvalue weighted by Crippen LogP contribution is -2.23. The summed E-state index contributed by atoms with van der Waals surface area (Å²) < 4.78 is 0.792. The molecule has 0 aliphatic rings. The van der Waals surface area contributed by atoms with Crippen LogP contribution in [-0.4, -0.2) is 39.4 Å². The minimum Gasteiger partial charge on any atom is -0.394 e. The van der Waals surface area contributed by atoms with E-state index in [4.69, 9.17) is 10.2 Å². The van der Waals surface area contributed by atoms with Crippen molar-refractivity contribution < 1.29 is 10.2 Å². The second kappa shape index (κ2) is 5.11. The van der Waals surface area contributed by atoms with Crippen LogP contribution in [0.15, 0.2) is 16.9 Å². The topological polar surface area (TPSA) is 78.3 Å². The zero-order valence-electron chi connectivity index (χ0n) is 6.81. The molecule has 1 aromatic heterocycles. The first kappa shape index (κ1) is 10.4. The molecule has 1 heterocycles. The molecule has 0 aliphatic carbocycles. The van der Waals surface area contributed by atoms with Gasteiger partial charge in [-0.15, -0.1) is 0 Å². The van der Waals surface area contributed by atoms with Crippen LogP contribution in [-0.2, 0) is 0 Å². The van der Waals surface area contributed by atoms with Gasteiger partial charge in [0.05, 0.1) is 17.2 Å². The fourth-order valence-electron chi connectivity index (χ4n) is 0.677. The van der Waals surface area contributed by atoms with Gasteiger partial charge >= 0.3 is 0 Å². The van der Waals surface area contributed by atoms with Gasteiger partial charge in [0, 0.05) is 18.9 Å². The molecule has 1 aromatic rings. The summed E-state index contributed by atoms with van der Waals surface area (Å²) in [5.41, 5.74) is 0. The minimum atomic E-state index is -0.785. The summed E-state index contributed by atoms with van der Waals surface area (Å²) in [4.78, 5) is 7.85. The average molecular weight is 248 g/mol. The van der Waals surface area contributed by atoms with Crippen molar-refractivity contribution in [2.45, 2.75) is 6.10 Å². The van der Waals surface area contributed by atoms with Gasteiger partial charge in [0.25, 0.3) is 0 Å². The monoisotopic (exact) mass is 247 g/mol. The average Bonchev–Trinajstić information content (AvgIpc) is 2.16. The molecule has 5 nitrogen and oxygen atoms in total. The molecule has 1 unspecified atom stereocenters. The fourth-order valence-corrected chi connectivity index (χ4v) is 0.882. The Hall–Kier alpha value is -0.720. The Morgan fingerprint density at radius 2 is 2.08 bits per heavy atom. The van der Waals surface area contributed by atoms with Crippen molar-refractivity contribution >= 4 is 21.9 Å². The van der Waals surface area contributed by atoms with Crippen molar-refractivity contribution in [2.75, 3.05) is 18.5 Å². The van der Waals surface area contributed by atoms with Gasteiger partial charge < -0.3 is 15.5 Å². The quantitative estimate of drug-likeness (QED) is 0.699. The number of rotatable bonds is 4. The van der Waals surface area contributed by atoms with E-state index in [0.29, 0.717) is 5.95 Å². The van der Waals surface area contributed by atoms with Crippen molar-refractivity contribution in [3.05, 3.63) is 16.9 Å². The maximum atomic E-state index is 9.00. The van der Waals surface area contributed by atoms with Crippen molar-refractivity contribution in [1.29, 1.82) is 0 Å². The third kappa shape index (κ3) is 3.67. The van der Waals surface area contributed by atoms with Crippen molar-refractivity contribution in [3.8, 4) is 0 Å². The summed E-state index contributed by atoms with van der Waals surface area (Å²) >= 11 is 3.20. The van der Waals surface area contributed by atoms with Crippen LogP contribution in [0.25, 0.3) is 0 Å². The predicted octanol–water partition coefficient (Wildman–Crippen LogP) is 0.00420. The first-order valence-corrected chi connectivity index (χ1v) is 4.52. The SMILES string of the molecule is OCC(O)CNc1ncc(Br)cn1. The van der Waals surface area contributed by atoms with Crippen LogP contribution in [0.2, 0.25) is 0 Å². The predicted molar refractivity (Wildman–Crippen MR) is 51.3 cm³/mol. The van der Waals surface area contributed by atoms with Crippen molar-refractivity contribution in [2.24, 2.45) is 0 Å². The first-order valence-electron chi connectivity index (χ1n) is 3.72. The molecule has 1 rings (SSSR count). The van der Waals surface area contributed by atoms with E-state index in [1.165, 1.54) is 0 Å². The summed E-state index contributed by atoms with van der Waals surface area (Å²) in [6.45, 7) is -0.0400. The minimum absolute atomic E-state index is 0.234. The maximum Gasteiger partial charge on any atom is 0.222 e. The zero-order valence-corrected chi connectivity index (χ0v) is 8.40. The Balaban J connectivity index is 2.41. The van der Waals surface area contributed by atoms with Crippen LogP contribution in [0.3, 0.4) is 0 Å². The smallest absolute Gasteiger partial charge is 0.222 e. The lowest BCUT2D eigenvalue weighted by Gasteiger charge is -2.07. The molecule has 0 saturated carbocycles. The van der Waals surface area contributed by atoms with Crippen LogP contribution >= 0.6 is 15.9 Å². The van der Waals surface area contributed by atoms with E-state index < -0.39 is 6.10 Å². The number of nitrogens with zero attached hydrogens (tertiary/aromatic N) is 2. The number of aliphatic hydroxyl groups excluding tert-OH is 2. The molecule has 0 saturated heterocycles. The highest BCUT2D eigenvalue weighted by molar-refractivity contribution is 9.10. The maximum absolute atomic E-state index is 9.00. The number of aliphatic hydroxyl groups is 2. The van der Waals surface area contributed by atoms with Gasteiger partial charge in [0.2, 0.25) is 5.95 Å². The number of nitrogens with one attached hydrogen (secondary N) is 1. The summed E-state index contributed by atoms with van der Waals surface area (Å²) in [5, 5.41) is 20.3. The molecule has 0 radical (unpaired) electrons. The summed E-state index contributed by atoms with van der Waals surface area (Å²) in [6, 6.07) is 0. The highest BCUT2D eigenvalue weighted by atomic mass is 79.9. The Kier molecular flexibility index (Phi) is 4.07. The standard InChI is InChI=1S/C7H10BrN3O2/c8-5-1-9-7(10-2-5)11-3-6(13)4-12/h1-2,6,12-13H,3-4H2,(H,9,10,11). The number of anilines is 1. The van der Waals surface area contributed by atoms with Gasteiger partial charge in [-0.25, -0.2) is 9.97 Å². The van der Waals surface area contributed by atoms with Crippen LogP contribution in [0.4, 0.5) is 5.95 Å². The molecule has 0 amide bonds. The Bertz CT molecular complexity index is 254. The van der Waals surface area contributed by atoms with E-state index in [9.17, 15) is 0 Å². The van der Waals surface area contributed by atoms with Crippen molar-refractivity contribution in [1.82, 2.24) is 9.97 Å². The molecule has 0 spiro atoms. The summed E-state index contributed by atoms with van der Waals surface area (Å²) in [6.07, 6.45) is 2.41. The number of hydrogen-bond acceptors (Lipinski definition) is 5. The Morgan fingerprint density at radius 1 is 1.46 bits per heavy atom. The van der Waals surface area contributed by atoms with Gasteiger partial charge in [-0.2, -0.15) is 0 Å². The van der Waals surface area contributed by atoms with E-state index >= 15 is 0 Å². The van der Waals surface area contributed by atoms with Crippen LogP contribution in [0.5, 0.6) is 0 Å². The molecule has 1 atom stereocenters. The highest BCUT2D eigenvalue weighted by Gasteiger charge is 2.01. The molecule has 0 aromatic carbocycles. The largest absolute Gasteiger partial charge is 0.394 e. The van der Waals surface area contributed by atoms with Crippen LogP contribution in [0, 0.1) is 0 Å². The molecular formula is C7H10BrN3O2. The second-order valence-electron chi connectivity index (χ2n) is 2.44. The molecule has 0 fully saturated rings. The Labute approximate surface area is 84.0 Å². The van der Waals surface area contributed by atoms with Crippen LogP contribution < -0.4 is 5.32 Å². The van der Waals surface area contributed by atoms with E-state index in [1.807, 2.05) is 0 Å². The molecule has 72 valence electrons. The lowest BCUT2D eigenvalue weighted by atomic mass is 10.4. The fraction of sp³-hybridized carbons (Fsp3) is 0.429. The van der Waals surface area contributed by atoms with E-state index in [0.717, 1.165) is 4.47 Å². The number of halogens is 1. The molecule has 13 heavy (non-hydrogen) atoms. The van der Waals surface area contributed by atoms with E-state index in [2.05, 4.69) is 31.2 Å². The van der Waals surface area contributed by atoms with E-state index in [1.54, 1.807) is 12.4 Å². The van der Waals surface area contributed by atoms with Gasteiger partial charge in [0.1, 0.15) is 0 Å². The molecule has 0 bridgehead atoms. The molecule has 3 N–H and O–H groups in total. The third-order valence-electron chi connectivity index (χ3n) is 1.33. The second-order valence-corrected chi connectivity index (χ2v) is 3.36. The van der Waals surface area contributed by atoms with Gasteiger partial charge in [0.15, 0.2) is 0 Å². The van der Waals surface area contributed by atoms with E-state index in [-0.39, 0.29) is 13.2 Å². The highest BCUT2D eigenvalue weighted by Crippen LogP contribution is 2.06. The number of hydrogen-bond donors (Lipinski definition) is 3. The third-order valence-corrected chi connectivity index (χ3v) is 1.74. The summed E-state index contributed by atoms with van der Waals surface area (Å²) in [7, 11) is 0. The normalized spacial score (nSPS) is 12.5. The van der Waals surface area contributed by atoms with Gasteiger partial charge in [-0.1, -0.05) is 0 Å². The Morgan fingerprint density at radius 3 is 2.62 bits per heavy atom.